The van der Waals surface area contributed by atoms with Crippen LogP contribution in [0.5, 0.6) is 0 Å². The van der Waals surface area contributed by atoms with E-state index in [1.54, 1.807) is 19.1 Å². The van der Waals surface area contributed by atoms with Gasteiger partial charge in [-0.3, -0.25) is 4.79 Å². The number of nitrogens with zero attached hydrogens (tertiary/aromatic N) is 1. The average molecular weight is 244 g/mol. The van der Waals surface area contributed by atoms with E-state index in [1.165, 1.54) is 0 Å². The predicted octanol–water partition coefficient (Wildman–Crippen LogP) is 0.232. The molecule has 1 saturated heterocycles. The Morgan fingerprint density at radius 1 is 1.29 bits per heavy atom. The molecule has 0 aromatic heterocycles. The van der Waals surface area contributed by atoms with Crippen LogP contribution in [0.4, 0.5) is 0 Å². The normalized spacial score (nSPS) is 26.6. The van der Waals surface area contributed by atoms with E-state index in [4.69, 9.17) is 15.2 Å². The zero-order valence-corrected chi connectivity index (χ0v) is 11.2. The summed E-state index contributed by atoms with van der Waals surface area (Å²) in [5, 5.41) is 0. The van der Waals surface area contributed by atoms with Crippen molar-refractivity contribution in [3.63, 3.8) is 0 Å². The largest absolute Gasteiger partial charge is 0.377 e. The summed E-state index contributed by atoms with van der Waals surface area (Å²) in [6, 6.07) is -0.414. The fraction of sp³-hybridized carbons (Fsp3) is 0.917. The van der Waals surface area contributed by atoms with Gasteiger partial charge in [0.2, 0.25) is 5.91 Å². The third-order valence-electron chi connectivity index (χ3n) is 3.18. The van der Waals surface area contributed by atoms with Crippen LogP contribution in [-0.4, -0.2) is 56.4 Å². The second kappa shape index (κ2) is 6.33. The molecule has 0 saturated carbocycles. The van der Waals surface area contributed by atoms with E-state index in [1.807, 2.05) is 0 Å². The maximum Gasteiger partial charge on any atom is 0.239 e. The molecule has 1 aliphatic rings. The standard InChI is InChI=1S/C12H24N2O3/c1-8(2)5-9(13)12(15)14-6-10(16-3)11(7-14)17-4/h8-11H,5-7,13H2,1-4H3/t9-,10?,11?/m0/s1. The predicted molar refractivity (Wildman–Crippen MR) is 65.6 cm³/mol. The summed E-state index contributed by atoms with van der Waals surface area (Å²) in [5.74, 6) is 0.424. The van der Waals surface area contributed by atoms with Crippen molar-refractivity contribution in [2.24, 2.45) is 11.7 Å². The Morgan fingerprint density at radius 2 is 1.76 bits per heavy atom. The van der Waals surface area contributed by atoms with E-state index in [0.717, 1.165) is 0 Å². The van der Waals surface area contributed by atoms with Gasteiger partial charge in [0.25, 0.3) is 0 Å². The Morgan fingerprint density at radius 3 is 2.12 bits per heavy atom. The smallest absolute Gasteiger partial charge is 0.239 e. The molecule has 0 bridgehead atoms. The van der Waals surface area contributed by atoms with Gasteiger partial charge in [-0.1, -0.05) is 13.8 Å². The van der Waals surface area contributed by atoms with E-state index in [9.17, 15) is 4.79 Å². The molecule has 2 N–H and O–H groups in total. The molecule has 0 aromatic carbocycles. The first-order valence-corrected chi connectivity index (χ1v) is 6.09. The third kappa shape index (κ3) is 3.66. The number of ether oxygens (including phenoxy) is 2. The van der Waals surface area contributed by atoms with Crippen molar-refractivity contribution in [1.82, 2.24) is 4.90 Å². The lowest BCUT2D eigenvalue weighted by Gasteiger charge is -2.21. The lowest BCUT2D eigenvalue weighted by molar-refractivity contribution is -0.132. The second-order valence-electron chi connectivity index (χ2n) is 5.03. The van der Waals surface area contributed by atoms with Crippen molar-refractivity contribution in [3.05, 3.63) is 0 Å². The lowest BCUT2D eigenvalue weighted by Crippen LogP contribution is -2.43. The second-order valence-corrected chi connectivity index (χ2v) is 5.03. The molecule has 17 heavy (non-hydrogen) atoms. The zero-order chi connectivity index (χ0) is 13.0. The van der Waals surface area contributed by atoms with Gasteiger partial charge in [0.05, 0.1) is 6.04 Å². The Kier molecular flexibility index (Phi) is 5.36. The van der Waals surface area contributed by atoms with Crippen LogP contribution in [0.1, 0.15) is 20.3 Å². The molecule has 5 heteroatoms. The summed E-state index contributed by atoms with van der Waals surface area (Å²) in [7, 11) is 3.28. The van der Waals surface area contributed by atoms with Crippen LogP contribution >= 0.6 is 0 Å². The van der Waals surface area contributed by atoms with E-state index in [2.05, 4.69) is 13.8 Å². The Bertz CT molecular complexity index is 246. The summed E-state index contributed by atoms with van der Waals surface area (Å²) >= 11 is 0. The SMILES string of the molecule is COC1CN(C(=O)[C@@H](N)CC(C)C)CC1OC. The molecule has 1 rings (SSSR count). The van der Waals surface area contributed by atoms with Crippen LogP contribution in [0.25, 0.3) is 0 Å². The van der Waals surface area contributed by atoms with Crippen molar-refractivity contribution in [2.45, 2.75) is 38.5 Å². The minimum Gasteiger partial charge on any atom is -0.377 e. The minimum atomic E-state index is -0.414. The topological polar surface area (TPSA) is 64.8 Å². The summed E-state index contributed by atoms with van der Waals surface area (Å²) in [4.78, 5) is 13.8. The first kappa shape index (κ1) is 14.4. The number of hydrogen-bond donors (Lipinski definition) is 1. The molecule has 3 atom stereocenters. The van der Waals surface area contributed by atoms with Crippen LogP contribution in [0.3, 0.4) is 0 Å². The van der Waals surface area contributed by atoms with Crippen LogP contribution in [0, 0.1) is 5.92 Å². The maximum atomic E-state index is 12.1. The third-order valence-corrected chi connectivity index (χ3v) is 3.18. The molecule has 1 aliphatic heterocycles. The first-order chi connectivity index (χ1) is 7.99. The molecule has 5 nitrogen and oxygen atoms in total. The summed E-state index contributed by atoms with van der Waals surface area (Å²) in [6.45, 7) is 5.26. The number of rotatable bonds is 5. The number of methoxy groups -OCH3 is 2. The van der Waals surface area contributed by atoms with Crippen molar-refractivity contribution in [3.8, 4) is 0 Å². The van der Waals surface area contributed by atoms with Crippen LogP contribution in [0.2, 0.25) is 0 Å². The van der Waals surface area contributed by atoms with E-state index < -0.39 is 6.04 Å². The Labute approximate surface area is 103 Å². The monoisotopic (exact) mass is 244 g/mol. The molecule has 0 spiro atoms. The van der Waals surface area contributed by atoms with Crippen LogP contribution in [-0.2, 0) is 14.3 Å². The van der Waals surface area contributed by atoms with Crippen LogP contribution < -0.4 is 5.73 Å². The van der Waals surface area contributed by atoms with Gasteiger partial charge in [0.15, 0.2) is 0 Å². The van der Waals surface area contributed by atoms with Gasteiger partial charge in [-0.15, -0.1) is 0 Å². The molecule has 0 aromatic rings. The Balaban J connectivity index is 2.54. The molecule has 0 aliphatic carbocycles. The number of likely N-dealkylation sites (tertiary alicyclic amines) is 1. The highest BCUT2D eigenvalue weighted by Crippen LogP contribution is 2.17. The lowest BCUT2D eigenvalue weighted by atomic mass is 10.0. The Hall–Kier alpha value is -0.650. The molecule has 100 valence electrons. The van der Waals surface area contributed by atoms with Crippen molar-refractivity contribution in [1.29, 1.82) is 0 Å². The molecule has 1 heterocycles. The van der Waals surface area contributed by atoms with E-state index >= 15 is 0 Å². The average Bonchev–Trinajstić information content (AvgIpc) is 2.69. The minimum absolute atomic E-state index is 0.000278. The van der Waals surface area contributed by atoms with Gasteiger partial charge in [0.1, 0.15) is 12.2 Å². The molecule has 2 unspecified atom stereocenters. The quantitative estimate of drug-likeness (QED) is 0.752. The van der Waals surface area contributed by atoms with Gasteiger partial charge in [-0.2, -0.15) is 0 Å². The maximum absolute atomic E-state index is 12.1. The molecule has 1 fully saturated rings. The van der Waals surface area contributed by atoms with Crippen molar-refractivity contribution < 1.29 is 14.3 Å². The highest BCUT2D eigenvalue weighted by atomic mass is 16.5. The van der Waals surface area contributed by atoms with Gasteiger partial charge in [-0.05, 0) is 12.3 Å². The highest BCUT2D eigenvalue weighted by molar-refractivity contribution is 5.82. The molecule has 1 amide bonds. The van der Waals surface area contributed by atoms with E-state index in [0.29, 0.717) is 25.4 Å². The number of carbonyl (C=O) groups is 1. The highest BCUT2D eigenvalue weighted by Gasteiger charge is 2.37. The van der Waals surface area contributed by atoms with Gasteiger partial charge in [0, 0.05) is 27.3 Å². The van der Waals surface area contributed by atoms with Crippen LogP contribution in [0.15, 0.2) is 0 Å². The summed E-state index contributed by atoms with van der Waals surface area (Å²) in [5.41, 5.74) is 5.90. The number of hydrogen-bond acceptors (Lipinski definition) is 4. The van der Waals surface area contributed by atoms with Gasteiger partial charge in [-0.25, -0.2) is 0 Å². The summed E-state index contributed by atoms with van der Waals surface area (Å²) in [6.07, 6.45) is 0.621. The number of amides is 1. The van der Waals surface area contributed by atoms with E-state index in [-0.39, 0.29) is 18.1 Å². The van der Waals surface area contributed by atoms with Crippen molar-refractivity contribution in [2.75, 3.05) is 27.3 Å². The first-order valence-electron chi connectivity index (χ1n) is 6.09. The molecular weight excluding hydrogens is 220 g/mol. The fourth-order valence-electron chi connectivity index (χ4n) is 2.22. The molecular formula is C12H24N2O3. The fourth-order valence-corrected chi connectivity index (χ4v) is 2.22. The van der Waals surface area contributed by atoms with Gasteiger partial charge >= 0.3 is 0 Å². The summed E-state index contributed by atoms with van der Waals surface area (Å²) < 4.78 is 10.6. The van der Waals surface area contributed by atoms with Crippen molar-refractivity contribution >= 4 is 5.91 Å². The molecule has 0 radical (unpaired) electrons. The zero-order valence-electron chi connectivity index (χ0n) is 11.2. The number of nitrogens with two attached hydrogens (primary N) is 1. The number of carbonyl (C=O) groups excluding carboxylic acids is 1. The van der Waals surface area contributed by atoms with Gasteiger partial charge < -0.3 is 20.1 Å².